The van der Waals surface area contributed by atoms with Gasteiger partial charge in [-0.2, -0.15) is 0 Å². The first-order chi connectivity index (χ1) is 9.95. The fourth-order valence-electron chi connectivity index (χ4n) is 2.39. The van der Waals surface area contributed by atoms with Crippen molar-refractivity contribution in [2.45, 2.75) is 21.5 Å². The number of nitrogen functional groups attached to an aromatic ring is 1. The highest BCUT2D eigenvalue weighted by molar-refractivity contribution is 8.01. The van der Waals surface area contributed by atoms with Crippen LogP contribution in [0.1, 0.15) is 5.56 Å². The molecule has 6 heteroatoms. The van der Waals surface area contributed by atoms with E-state index in [2.05, 4.69) is 6.07 Å². The summed E-state index contributed by atoms with van der Waals surface area (Å²) in [7, 11) is -3.36. The summed E-state index contributed by atoms with van der Waals surface area (Å²) in [6, 6.07) is 12.5. The highest BCUT2D eigenvalue weighted by Crippen LogP contribution is 2.38. The van der Waals surface area contributed by atoms with Crippen LogP contribution >= 0.6 is 23.4 Å². The number of hydrogen-bond donors (Lipinski definition) is 1. The minimum atomic E-state index is -3.36. The molecule has 0 bridgehead atoms. The van der Waals surface area contributed by atoms with Crippen LogP contribution in [0.2, 0.25) is 5.02 Å². The molecule has 0 spiro atoms. The second-order valence-electron chi connectivity index (χ2n) is 5.02. The van der Waals surface area contributed by atoms with Crippen LogP contribution in [0.25, 0.3) is 0 Å². The van der Waals surface area contributed by atoms with Gasteiger partial charge in [-0.25, -0.2) is 8.42 Å². The van der Waals surface area contributed by atoms with Gasteiger partial charge in [0.15, 0.2) is 9.84 Å². The molecule has 1 heterocycles. The number of sulfone groups is 1. The molecule has 0 aliphatic carbocycles. The van der Waals surface area contributed by atoms with Gasteiger partial charge in [-0.1, -0.05) is 29.8 Å². The maximum Gasteiger partial charge on any atom is 0.179 e. The van der Waals surface area contributed by atoms with Crippen LogP contribution in [-0.4, -0.2) is 19.4 Å². The van der Waals surface area contributed by atoms with Crippen LogP contribution < -0.4 is 5.73 Å². The maximum absolute atomic E-state index is 12.5. The molecule has 3 rings (SSSR count). The number of nitrogens with two attached hydrogens (primary N) is 1. The Morgan fingerprint density at radius 1 is 1.24 bits per heavy atom. The van der Waals surface area contributed by atoms with Crippen molar-refractivity contribution in [1.29, 1.82) is 0 Å². The topological polar surface area (TPSA) is 60.2 Å². The molecule has 1 atom stereocenters. The van der Waals surface area contributed by atoms with Gasteiger partial charge in [0, 0.05) is 10.1 Å². The third kappa shape index (κ3) is 3.05. The smallest absolute Gasteiger partial charge is 0.179 e. The van der Waals surface area contributed by atoms with Gasteiger partial charge in [-0.05, 0) is 36.2 Å². The minimum Gasteiger partial charge on any atom is -0.398 e. The second kappa shape index (κ2) is 5.55. The van der Waals surface area contributed by atoms with Gasteiger partial charge in [0.1, 0.15) is 0 Å². The van der Waals surface area contributed by atoms with Crippen LogP contribution in [0.3, 0.4) is 0 Å². The summed E-state index contributed by atoms with van der Waals surface area (Å²) in [6.07, 6.45) is 0.781. The standard InChI is InChI=1S/C15H14ClNO2S2/c16-13-8-12(5-6-14(13)17)21(18,19)9-11-7-10-3-1-2-4-15(10)20-11/h1-6,8,11H,7,9,17H2. The lowest BCUT2D eigenvalue weighted by atomic mass is 10.1. The first kappa shape index (κ1) is 14.8. The number of hydrogen-bond acceptors (Lipinski definition) is 4. The van der Waals surface area contributed by atoms with Crippen molar-refractivity contribution >= 4 is 38.9 Å². The van der Waals surface area contributed by atoms with E-state index in [1.807, 2.05) is 18.2 Å². The Morgan fingerprint density at radius 3 is 2.71 bits per heavy atom. The summed E-state index contributed by atoms with van der Waals surface area (Å²) in [5, 5.41) is 0.321. The highest BCUT2D eigenvalue weighted by Gasteiger charge is 2.28. The van der Waals surface area contributed by atoms with Crippen molar-refractivity contribution in [3.63, 3.8) is 0 Å². The van der Waals surface area contributed by atoms with Gasteiger partial charge < -0.3 is 5.73 Å². The summed E-state index contributed by atoms with van der Waals surface area (Å²) in [5.74, 6) is 0.104. The first-order valence-corrected chi connectivity index (χ1v) is 9.39. The molecule has 2 N–H and O–H groups in total. The molecular formula is C15H14ClNO2S2. The van der Waals surface area contributed by atoms with Crippen molar-refractivity contribution in [3.8, 4) is 0 Å². The maximum atomic E-state index is 12.5. The van der Waals surface area contributed by atoms with Crippen molar-refractivity contribution in [3.05, 3.63) is 53.1 Å². The van der Waals surface area contributed by atoms with Crippen LogP contribution in [0.5, 0.6) is 0 Å². The fraction of sp³-hybridized carbons (Fsp3) is 0.200. The predicted molar refractivity (Wildman–Crippen MR) is 87.7 cm³/mol. The molecule has 0 saturated carbocycles. The number of rotatable bonds is 3. The summed E-state index contributed by atoms with van der Waals surface area (Å²) < 4.78 is 25.0. The molecule has 2 aromatic carbocycles. The summed E-state index contributed by atoms with van der Waals surface area (Å²) in [5.41, 5.74) is 7.23. The van der Waals surface area contributed by atoms with Gasteiger partial charge in [0.2, 0.25) is 0 Å². The Morgan fingerprint density at radius 2 is 2.00 bits per heavy atom. The first-order valence-electron chi connectivity index (χ1n) is 6.48. The number of benzene rings is 2. The summed E-state index contributed by atoms with van der Waals surface area (Å²) in [4.78, 5) is 1.41. The predicted octanol–water partition coefficient (Wildman–Crippen LogP) is 3.41. The van der Waals surface area contributed by atoms with Crippen molar-refractivity contribution in [2.75, 3.05) is 11.5 Å². The molecule has 1 aliphatic rings. The molecule has 3 nitrogen and oxygen atoms in total. The zero-order chi connectivity index (χ0) is 15.0. The molecule has 110 valence electrons. The van der Waals surface area contributed by atoms with Crippen LogP contribution in [0.4, 0.5) is 5.69 Å². The SMILES string of the molecule is Nc1ccc(S(=O)(=O)CC2Cc3ccccc3S2)cc1Cl. The van der Waals surface area contributed by atoms with E-state index in [0.29, 0.717) is 5.69 Å². The van der Waals surface area contributed by atoms with Crippen LogP contribution in [0.15, 0.2) is 52.3 Å². The van der Waals surface area contributed by atoms with E-state index in [9.17, 15) is 8.42 Å². The van der Waals surface area contributed by atoms with Crippen LogP contribution in [0, 0.1) is 0 Å². The van der Waals surface area contributed by atoms with E-state index in [1.54, 1.807) is 11.8 Å². The zero-order valence-electron chi connectivity index (χ0n) is 11.1. The highest BCUT2D eigenvalue weighted by atomic mass is 35.5. The largest absolute Gasteiger partial charge is 0.398 e. The molecule has 1 unspecified atom stereocenters. The molecule has 0 radical (unpaired) electrons. The number of fused-ring (bicyclic) bond motifs is 1. The number of thioether (sulfide) groups is 1. The van der Waals surface area contributed by atoms with Gasteiger partial charge in [-0.3, -0.25) is 0 Å². The van der Waals surface area contributed by atoms with E-state index in [-0.39, 0.29) is 20.9 Å². The molecule has 0 saturated heterocycles. The lowest BCUT2D eigenvalue weighted by Gasteiger charge is -2.10. The Bertz CT molecular complexity index is 765. The molecule has 0 fully saturated rings. The quantitative estimate of drug-likeness (QED) is 0.870. The third-order valence-electron chi connectivity index (χ3n) is 3.45. The normalized spacial score (nSPS) is 17.7. The molecule has 0 aromatic heterocycles. The van der Waals surface area contributed by atoms with E-state index >= 15 is 0 Å². The fourth-order valence-corrected chi connectivity index (χ4v) is 5.90. The Labute approximate surface area is 133 Å². The van der Waals surface area contributed by atoms with Gasteiger partial charge >= 0.3 is 0 Å². The van der Waals surface area contributed by atoms with Gasteiger partial charge in [0.05, 0.1) is 21.4 Å². The average molecular weight is 340 g/mol. The Balaban J connectivity index is 1.80. The third-order valence-corrected chi connectivity index (χ3v) is 7.12. The molecule has 21 heavy (non-hydrogen) atoms. The Kier molecular flexibility index (Phi) is 3.90. The number of anilines is 1. The Hall–Kier alpha value is -1.17. The zero-order valence-corrected chi connectivity index (χ0v) is 13.5. The molecule has 1 aliphatic heterocycles. The van der Waals surface area contributed by atoms with Gasteiger partial charge in [0.25, 0.3) is 0 Å². The van der Waals surface area contributed by atoms with Crippen molar-refractivity contribution in [2.24, 2.45) is 0 Å². The molecule has 2 aromatic rings. The summed E-state index contributed by atoms with van der Waals surface area (Å²) in [6.45, 7) is 0. The lowest BCUT2D eigenvalue weighted by molar-refractivity contribution is 0.594. The summed E-state index contributed by atoms with van der Waals surface area (Å²) >= 11 is 7.54. The average Bonchev–Trinajstić information content (AvgIpc) is 2.82. The van der Waals surface area contributed by atoms with E-state index in [1.165, 1.54) is 28.7 Å². The molecular weight excluding hydrogens is 326 g/mol. The molecule has 0 amide bonds. The van der Waals surface area contributed by atoms with Crippen LogP contribution in [-0.2, 0) is 16.3 Å². The monoisotopic (exact) mass is 339 g/mol. The van der Waals surface area contributed by atoms with Crippen molar-refractivity contribution in [1.82, 2.24) is 0 Å². The van der Waals surface area contributed by atoms with E-state index in [0.717, 1.165) is 6.42 Å². The second-order valence-corrected chi connectivity index (χ2v) is 8.80. The minimum absolute atomic E-state index is 0.0451. The lowest BCUT2D eigenvalue weighted by Crippen LogP contribution is -2.18. The number of halogens is 1. The van der Waals surface area contributed by atoms with Crippen molar-refractivity contribution < 1.29 is 8.42 Å². The van der Waals surface area contributed by atoms with E-state index < -0.39 is 9.84 Å². The van der Waals surface area contributed by atoms with Gasteiger partial charge in [-0.15, -0.1) is 11.8 Å². The van der Waals surface area contributed by atoms with E-state index in [4.69, 9.17) is 17.3 Å².